The summed E-state index contributed by atoms with van der Waals surface area (Å²) in [5, 5.41) is 4.67. The number of aromatic nitrogens is 2. The topological polar surface area (TPSA) is 38.1 Å². The van der Waals surface area contributed by atoms with Crippen LogP contribution in [0, 0.1) is 0 Å². The monoisotopic (exact) mass is 149 g/mol. The van der Waals surface area contributed by atoms with Gasteiger partial charge in [0.15, 0.2) is 4.67 Å². The van der Waals surface area contributed by atoms with Gasteiger partial charge in [0.25, 0.3) is 0 Å². The highest BCUT2D eigenvalue weighted by Gasteiger charge is 1.89. The fourth-order valence-corrected chi connectivity index (χ4v) is 1.16. The molecule has 1 aromatic heterocycles. The van der Waals surface area contributed by atoms with E-state index in [1.807, 2.05) is 6.08 Å². The van der Waals surface area contributed by atoms with Gasteiger partial charge in [-0.25, -0.2) is 4.99 Å². The summed E-state index contributed by atoms with van der Waals surface area (Å²) in [6, 6.07) is 0. The van der Waals surface area contributed by atoms with Crippen molar-refractivity contribution in [3.05, 3.63) is 28.0 Å². The van der Waals surface area contributed by atoms with Crippen molar-refractivity contribution in [2.24, 2.45) is 4.99 Å². The van der Waals surface area contributed by atoms with Crippen molar-refractivity contribution >= 4 is 17.6 Å². The second kappa shape index (κ2) is 2.17. The fourth-order valence-electron chi connectivity index (χ4n) is 0.653. The lowest BCUT2D eigenvalue weighted by molar-refractivity contribution is 1.10. The molecule has 10 heavy (non-hydrogen) atoms. The Morgan fingerprint density at radius 2 is 2.50 bits per heavy atom. The van der Waals surface area contributed by atoms with E-state index in [-0.39, 0.29) is 0 Å². The van der Waals surface area contributed by atoms with Gasteiger partial charge in [-0.2, -0.15) is 0 Å². The number of hydrogen-bond acceptors (Lipinski definition) is 4. The molecule has 1 aliphatic heterocycles. The van der Waals surface area contributed by atoms with E-state index in [0.717, 1.165) is 10.0 Å². The van der Waals surface area contributed by atoms with E-state index < -0.39 is 0 Å². The van der Waals surface area contributed by atoms with Crippen LogP contribution < -0.4 is 10.0 Å². The summed E-state index contributed by atoms with van der Waals surface area (Å²) in [4.78, 5) is 4.04. The lowest BCUT2D eigenvalue weighted by Gasteiger charge is -1.65. The minimum absolute atomic E-state index is 0.825. The Bertz CT molecular complexity index is 374. The van der Waals surface area contributed by atoms with E-state index in [0.29, 0.717) is 0 Å². The fraction of sp³-hybridized carbons (Fsp3) is 0. The number of allylic oxidation sites excluding steroid dienone is 1. The molecular weight excluding hydrogens is 146 g/mol. The third-order valence-electron chi connectivity index (χ3n) is 1.09. The molecule has 0 saturated heterocycles. The highest BCUT2D eigenvalue weighted by atomic mass is 32.1. The number of fused-ring (bicyclic) bond motifs is 1. The Balaban J connectivity index is 2.94. The second-order valence-electron chi connectivity index (χ2n) is 1.72. The Labute approximate surface area is 60.9 Å². The summed E-state index contributed by atoms with van der Waals surface area (Å²) >= 11 is 1.29. The smallest absolute Gasteiger partial charge is 0.164 e. The van der Waals surface area contributed by atoms with Crippen molar-refractivity contribution in [3.8, 4) is 0 Å². The first kappa shape index (κ1) is 5.53. The minimum Gasteiger partial charge on any atom is -0.234 e. The first-order chi connectivity index (χ1) is 4.97. The van der Waals surface area contributed by atoms with Gasteiger partial charge in [-0.05, 0) is 12.2 Å². The zero-order chi connectivity index (χ0) is 6.81. The molecule has 2 rings (SSSR count). The van der Waals surface area contributed by atoms with E-state index in [1.165, 1.54) is 11.5 Å². The largest absolute Gasteiger partial charge is 0.234 e. The maximum absolute atomic E-state index is 4.04. The summed E-state index contributed by atoms with van der Waals surface area (Å²) in [6.45, 7) is 0. The number of hydrogen-bond donors (Lipinski definition) is 0. The maximum atomic E-state index is 4.04. The normalized spacial score (nSPS) is 13.2. The predicted molar refractivity (Wildman–Crippen MR) is 37.8 cm³/mol. The quantitative estimate of drug-likeness (QED) is 0.472. The average Bonchev–Trinajstić information content (AvgIpc) is 2.28. The summed E-state index contributed by atoms with van der Waals surface area (Å²) in [5.74, 6) is 0. The average molecular weight is 149 g/mol. The highest BCUT2D eigenvalue weighted by molar-refractivity contribution is 7.02. The van der Waals surface area contributed by atoms with Crippen LogP contribution in [0.4, 0.5) is 0 Å². The molecule has 4 heteroatoms. The summed E-state index contributed by atoms with van der Waals surface area (Å²) in [6.07, 6.45) is 5.23. The van der Waals surface area contributed by atoms with Crippen LogP contribution in [-0.4, -0.2) is 9.59 Å². The van der Waals surface area contributed by atoms with Crippen molar-refractivity contribution in [2.75, 3.05) is 0 Å². The third-order valence-corrected chi connectivity index (χ3v) is 1.74. The van der Waals surface area contributed by atoms with Gasteiger partial charge < -0.3 is 0 Å². The van der Waals surface area contributed by atoms with Crippen LogP contribution in [-0.2, 0) is 0 Å². The Morgan fingerprint density at radius 1 is 1.50 bits per heavy atom. The molecule has 0 spiro atoms. The molecule has 0 N–H and O–H groups in total. The van der Waals surface area contributed by atoms with Crippen LogP contribution in [0.15, 0.2) is 23.0 Å². The van der Waals surface area contributed by atoms with E-state index in [1.54, 1.807) is 12.3 Å². The van der Waals surface area contributed by atoms with Crippen LogP contribution in [0.5, 0.6) is 0 Å². The molecule has 1 aromatic rings. The van der Waals surface area contributed by atoms with Crippen molar-refractivity contribution in [3.63, 3.8) is 0 Å². The van der Waals surface area contributed by atoms with Crippen LogP contribution >= 0.6 is 11.5 Å². The standard InChI is InChI=1S/C6H3N3S/c1-2-4-7-6-5(3-1)8-9-10-6/h1,3-4H. The van der Waals surface area contributed by atoms with E-state index in [4.69, 9.17) is 0 Å². The lowest BCUT2D eigenvalue weighted by atomic mass is 10.5. The molecule has 0 unspecified atom stereocenters. The van der Waals surface area contributed by atoms with E-state index >= 15 is 0 Å². The first-order valence-corrected chi connectivity index (χ1v) is 3.51. The van der Waals surface area contributed by atoms with Gasteiger partial charge in [0.05, 0.1) is 6.20 Å². The molecule has 0 radical (unpaired) electrons. The maximum Gasteiger partial charge on any atom is 0.164 e. The van der Waals surface area contributed by atoms with Gasteiger partial charge in [-0.3, -0.25) is 0 Å². The predicted octanol–water partition coefficient (Wildman–Crippen LogP) is -0.379. The zero-order valence-electron chi connectivity index (χ0n) is 4.98. The molecule has 0 amide bonds. The lowest BCUT2D eigenvalue weighted by Crippen LogP contribution is -2.19. The van der Waals surface area contributed by atoms with Gasteiger partial charge in [-0.15, -0.1) is 10.8 Å². The van der Waals surface area contributed by atoms with Crippen molar-refractivity contribution < 1.29 is 0 Å². The molecule has 3 nitrogen and oxygen atoms in total. The molecule has 0 saturated carbocycles. The van der Waals surface area contributed by atoms with Crippen LogP contribution in [0.25, 0.3) is 6.08 Å². The molecule has 0 aromatic carbocycles. The minimum atomic E-state index is 0.825. The highest BCUT2D eigenvalue weighted by Crippen LogP contribution is 1.77. The number of nitrogens with zero attached hydrogens (tertiary/aromatic N) is 3. The van der Waals surface area contributed by atoms with Crippen molar-refractivity contribution in [1.82, 2.24) is 9.59 Å². The van der Waals surface area contributed by atoms with Crippen LogP contribution in [0.1, 0.15) is 0 Å². The van der Waals surface area contributed by atoms with E-state index in [2.05, 4.69) is 20.3 Å². The van der Waals surface area contributed by atoms with Gasteiger partial charge in [0, 0.05) is 11.5 Å². The molecule has 1 aliphatic rings. The van der Waals surface area contributed by atoms with Crippen molar-refractivity contribution in [1.29, 1.82) is 0 Å². The zero-order valence-corrected chi connectivity index (χ0v) is 5.80. The summed E-state index contributed by atoms with van der Waals surface area (Å²) < 4.78 is 4.59. The molecule has 2 heterocycles. The van der Waals surface area contributed by atoms with Gasteiger partial charge in [0.1, 0.15) is 5.35 Å². The molecule has 48 valence electrons. The third kappa shape index (κ3) is 0.795. The summed E-state index contributed by atoms with van der Waals surface area (Å²) in [7, 11) is 0. The van der Waals surface area contributed by atoms with E-state index in [9.17, 15) is 0 Å². The van der Waals surface area contributed by atoms with Gasteiger partial charge in [0.2, 0.25) is 0 Å². The van der Waals surface area contributed by atoms with Gasteiger partial charge in [-0.1, -0.05) is 4.49 Å². The summed E-state index contributed by atoms with van der Waals surface area (Å²) in [5.41, 5.74) is 2.85. The van der Waals surface area contributed by atoms with Gasteiger partial charge >= 0.3 is 0 Å². The van der Waals surface area contributed by atoms with Crippen molar-refractivity contribution in [2.45, 2.75) is 0 Å². The molecule has 0 fully saturated rings. The van der Waals surface area contributed by atoms with Crippen LogP contribution in [0.3, 0.4) is 0 Å². The molecular formula is C6H3N3S. The molecule has 0 atom stereocenters. The second-order valence-corrected chi connectivity index (χ2v) is 2.45. The number of rotatable bonds is 0. The SMILES string of the molecule is C1=CC=c2nnsc2=NC=1. The first-order valence-electron chi connectivity index (χ1n) is 2.74. The Kier molecular flexibility index (Phi) is 1.20. The molecule has 0 aliphatic carbocycles. The Hall–Kier alpha value is -1.25. The Morgan fingerprint density at radius 3 is 3.50 bits per heavy atom. The molecule has 0 bridgehead atoms. The van der Waals surface area contributed by atoms with Crippen LogP contribution in [0.2, 0.25) is 0 Å².